The highest BCUT2D eigenvalue weighted by Crippen LogP contribution is 2.26. The second-order valence-corrected chi connectivity index (χ2v) is 4.46. The Hall–Kier alpha value is -2.34. The number of nitrogens with one attached hydrogen (secondary N) is 1. The second kappa shape index (κ2) is 5.75. The van der Waals surface area contributed by atoms with Crippen LogP contribution in [0.4, 0.5) is 11.4 Å². The zero-order valence-corrected chi connectivity index (χ0v) is 10.9. The van der Waals surface area contributed by atoms with Gasteiger partial charge in [-0.1, -0.05) is 17.3 Å². The summed E-state index contributed by atoms with van der Waals surface area (Å²) in [6.07, 6.45) is 1.38. The maximum Gasteiger partial charge on any atom is 0.277 e. The first-order valence-corrected chi connectivity index (χ1v) is 6.48. The average molecular weight is 273 g/mol. The maximum absolute atomic E-state index is 12.0. The molecule has 6 heteroatoms. The lowest BCUT2D eigenvalue weighted by Gasteiger charge is -2.30. The smallest absolute Gasteiger partial charge is 0.277 e. The number of ether oxygens (including phenoxy) is 1. The van der Waals surface area contributed by atoms with Crippen molar-refractivity contribution < 1.29 is 14.1 Å². The molecule has 1 fully saturated rings. The molecule has 0 bridgehead atoms. The molecule has 1 aliphatic heterocycles. The number of hydrogen-bond donors (Lipinski definition) is 1. The van der Waals surface area contributed by atoms with Gasteiger partial charge >= 0.3 is 0 Å². The second-order valence-electron chi connectivity index (χ2n) is 4.46. The molecule has 1 amide bonds. The molecule has 1 aromatic carbocycles. The number of para-hydroxylation sites is 2. The van der Waals surface area contributed by atoms with Crippen molar-refractivity contribution in [1.29, 1.82) is 0 Å². The van der Waals surface area contributed by atoms with Gasteiger partial charge in [0.1, 0.15) is 6.26 Å². The fraction of sp³-hybridized carbons (Fsp3) is 0.286. The molecule has 1 aliphatic rings. The van der Waals surface area contributed by atoms with Crippen molar-refractivity contribution in [1.82, 2.24) is 5.16 Å². The van der Waals surface area contributed by atoms with E-state index in [-0.39, 0.29) is 11.6 Å². The van der Waals surface area contributed by atoms with Gasteiger partial charge in [-0.05, 0) is 12.1 Å². The Balaban J connectivity index is 1.80. The number of rotatable bonds is 3. The van der Waals surface area contributed by atoms with Crippen LogP contribution in [-0.4, -0.2) is 37.4 Å². The van der Waals surface area contributed by atoms with Crippen molar-refractivity contribution in [2.24, 2.45) is 0 Å². The van der Waals surface area contributed by atoms with E-state index >= 15 is 0 Å². The standard InChI is InChI=1S/C14H15N3O3/c18-14(12-5-8-20-16-12)15-11-3-1-2-4-13(11)17-6-9-19-10-7-17/h1-5,8H,6-7,9-10H2,(H,15,18). The third kappa shape index (κ3) is 2.65. The number of morpholine rings is 1. The van der Waals surface area contributed by atoms with E-state index < -0.39 is 0 Å². The van der Waals surface area contributed by atoms with Gasteiger partial charge in [0.25, 0.3) is 5.91 Å². The van der Waals surface area contributed by atoms with E-state index in [1.807, 2.05) is 24.3 Å². The Morgan fingerprint density at radius 2 is 2.00 bits per heavy atom. The summed E-state index contributed by atoms with van der Waals surface area (Å²) in [5.74, 6) is -0.278. The molecule has 0 aliphatic carbocycles. The zero-order valence-electron chi connectivity index (χ0n) is 10.9. The molecule has 1 saturated heterocycles. The summed E-state index contributed by atoms with van der Waals surface area (Å²) in [5, 5.41) is 6.50. The minimum atomic E-state index is -0.278. The van der Waals surface area contributed by atoms with Gasteiger partial charge in [0.05, 0.1) is 24.6 Å². The number of hydrogen-bond acceptors (Lipinski definition) is 5. The Morgan fingerprint density at radius 1 is 1.20 bits per heavy atom. The first-order chi connectivity index (χ1) is 9.84. The van der Waals surface area contributed by atoms with Crippen molar-refractivity contribution in [3.63, 3.8) is 0 Å². The molecule has 0 saturated carbocycles. The number of benzene rings is 1. The topological polar surface area (TPSA) is 67.6 Å². The summed E-state index contributed by atoms with van der Waals surface area (Å²) in [6, 6.07) is 9.25. The van der Waals surface area contributed by atoms with Crippen LogP contribution in [0.1, 0.15) is 10.5 Å². The van der Waals surface area contributed by atoms with Crippen LogP contribution in [0.15, 0.2) is 41.1 Å². The summed E-state index contributed by atoms with van der Waals surface area (Å²) >= 11 is 0. The Morgan fingerprint density at radius 3 is 2.75 bits per heavy atom. The van der Waals surface area contributed by atoms with Crippen molar-refractivity contribution in [2.45, 2.75) is 0 Å². The number of anilines is 2. The van der Waals surface area contributed by atoms with Crippen LogP contribution < -0.4 is 10.2 Å². The highest BCUT2D eigenvalue weighted by atomic mass is 16.5. The lowest BCUT2D eigenvalue weighted by Crippen LogP contribution is -2.36. The van der Waals surface area contributed by atoms with Gasteiger partial charge in [0.2, 0.25) is 0 Å². The van der Waals surface area contributed by atoms with E-state index in [4.69, 9.17) is 4.74 Å². The van der Waals surface area contributed by atoms with Crippen LogP contribution in [0.5, 0.6) is 0 Å². The third-order valence-corrected chi connectivity index (χ3v) is 3.17. The zero-order chi connectivity index (χ0) is 13.8. The fourth-order valence-electron chi connectivity index (χ4n) is 2.18. The van der Waals surface area contributed by atoms with Crippen LogP contribution in [0.3, 0.4) is 0 Å². The Labute approximate surface area is 116 Å². The molecule has 0 atom stereocenters. The number of amides is 1. The Kier molecular flexibility index (Phi) is 3.64. The third-order valence-electron chi connectivity index (χ3n) is 3.17. The number of nitrogens with zero attached hydrogens (tertiary/aromatic N) is 2. The minimum Gasteiger partial charge on any atom is -0.378 e. The molecule has 1 aromatic heterocycles. The van der Waals surface area contributed by atoms with Gasteiger partial charge in [-0.25, -0.2) is 0 Å². The molecule has 0 radical (unpaired) electrons. The Bertz CT molecular complexity index is 577. The van der Waals surface area contributed by atoms with Crippen LogP contribution in [0, 0.1) is 0 Å². The number of carbonyl (C=O) groups excluding carboxylic acids is 1. The van der Waals surface area contributed by atoms with E-state index in [9.17, 15) is 4.79 Å². The molecule has 1 N–H and O–H groups in total. The van der Waals surface area contributed by atoms with E-state index in [1.54, 1.807) is 0 Å². The maximum atomic E-state index is 12.0. The van der Waals surface area contributed by atoms with E-state index in [0.29, 0.717) is 13.2 Å². The molecule has 2 aromatic rings. The molecule has 6 nitrogen and oxygen atoms in total. The lowest BCUT2D eigenvalue weighted by molar-refractivity contribution is 0.101. The number of aromatic nitrogens is 1. The van der Waals surface area contributed by atoms with Crippen molar-refractivity contribution in [3.8, 4) is 0 Å². The van der Waals surface area contributed by atoms with Crippen molar-refractivity contribution >= 4 is 17.3 Å². The van der Waals surface area contributed by atoms with Crippen molar-refractivity contribution in [3.05, 3.63) is 42.3 Å². The molecule has 104 valence electrons. The summed E-state index contributed by atoms with van der Waals surface area (Å²) in [7, 11) is 0. The first kappa shape index (κ1) is 12.7. The van der Waals surface area contributed by atoms with E-state index in [1.165, 1.54) is 12.3 Å². The predicted molar refractivity (Wildman–Crippen MR) is 73.9 cm³/mol. The van der Waals surface area contributed by atoms with Crippen molar-refractivity contribution in [2.75, 3.05) is 36.5 Å². The van der Waals surface area contributed by atoms with Gasteiger partial charge < -0.3 is 19.5 Å². The monoisotopic (exact) mass is 273 g/mol. The summed E-state index contributed by atoms with van der Waals surface area (Å²) in [6.45, 7) is 3.03. The summed E-state index contributed by atoms with van der Waals surface area (Å²) < 4.78 is 10.0. The van der Waals surface area contributed by atoms with Crippen LogP contribution in [0.2, 0.25) is 0 Å². The van der Waals surface area contributed by atoms with E-state index in [0.717, 1.165) is 24.5 Å². The molecular formula is C14H15N3O3. The summed E-state index contributed by atoms with van der Waals surface area (Å²) in [4.78, 5) is 14.2. The minimum absolute atomic E-state index is 0.266. The molecular weight excluding hydrogens is 258 g/mol. The summed E-state index contributed by atoms with van der Waals surface area (Å²) in [5.41, 5.74) is 2.02. The molecule has 2 heterocycles. The first-order valence-electron chi connectivity index (χ1n) is 6.48. The lowest BCUT2D eigenvalue weighted by atomic mass is 10.2. The van der Waals surface area contributed by atoms with E-state index in [2.05, 4.69) is 19.9 Å². The quantitative estimate of drug-likeness (QED) is 0.923. The highest BCUT2D eigenvalue weighted by Gasteiger charge is 2.17. The van der Waals surface area contributed by atoms with Crippen LogP contribution in [-0.2, 0) is 4.74 Å². The van der Waals surface area contributed by atoms with Gasteiger partial charge in [0.15, 0.2) is 5.69 Å². The SMILES string of the molecule is O=C(Nc1ccccc1N1CCOCC1)c1ccon1. The van der Waals surface area contributed by atoms with Gasteiger partial charge in [-0.2, -0.15) is 0 Å². The average Bonchev–Trinajstić information content (AvgIpc) is 3.03. The number of carbonyl (C=O) groups is 1. The molecule has 0 spiro atoms. The molecule has 3 rings (SSSR count). The fourth-order valence-corrected chi connectivity index (χ4v) is 2.18. The molecule has 0 unspecified atom stereocenters. The van der Waals surface area contributed by atoms with Crippen LogP contribution >= 0.6 is 0 Å². The molecule has 20 heavy (non-hydrogen) atoms. The van der Waals surface area contributed by atoms with Gasteiger partial charge in [-0.3, -0.25) is 4.79 Å². The normalized spacial score (nSPS) is 15.1. The largest absolute Gasteiger partial charge is 0.378 e. The van der Waals surface area contributed by atoms with Gasteiger partial charge in [-0.15, -0.1) is 0 Å². The van der Waals surface area contributed by atoms with Gasteiger partial charge in [0, 0.05) is 19.2 Å². The van der Waals surface area contributed by atoms with Crippen LogP contribution in [0.25, 0.3) is 0 Å². The predicted octanol–water partition coefficient (Wildman–Crippen LogP) is 1.76. The highest BCUT2D eigenvalue weighted by molar-refractivity contribution is 6.04.